The summed E-state index contributed by atoms with van der Waals surface area (Å²) in [6.07, 6.45) is 2.49. The molecule has 1 N–H and O–H groups in total. The molecule has 1 atom stereocenters. The molecule has 0 saturated carbocycles. The lowest BCUT2D eigenvalue weighted by molar-refractivity contribution is -0.143. The van der Waals surface area contributed by atoms with Gasteiger partial charge >= 0.3 is 5.97 Å². The minimum absolute atomic E-state index is 0.483. The van der Waals surface area contributed by atoms with Gasteiger partial charge in [0.1, 0.15) is 0 Å². The standard InChI is InChI=1S/C23H23NO2S/c1-27-18-17-23(22(25)26,19-11-5-2-6-12-19)24(20-13-7-3-8-14-20)21-15-9-4-10-16-21/h2-16H,17-18H2,1H3,(H,25,26)/t23-/m1/s1. The van der Waals surface area contributed by atoms with E-state index in [1.165, 1.54) is 0 Å². The summed E-state index contributed by atoms with van der Waals surface area (Å²) < 4.78 is 0. The molecule has 0 spiro atoms. The highest BCUT2D eigenvalue weighted by Gasteiger charge is 2.46. The van der Waals surface area contributed by atoms with Crippen LogP contribution < -0.4 is 4.90 Å². The van der Waals surface area contributed by atoms with Gasteiger partial charge in [-0.2, -0.15) is 11.8 Å². The van der Waals surface area contributed by atoms with E-state index in [1.807, 2.05) is 102 Å². The Morgan fingerprint density at radius 2 is 1.30 bits per heavy atom. The molecule has 0 heterocycles. The Bertz CT molecular complexity index is 816. The molecule has 4 heteroatoms. The van der Waals surface area contributed by atoms with Crippen LogP contribution in [0.5, 0.6) is 0 Å². The van der Waals surface area contributed by atoms with Crippen molar-refractivity contribution in [2.24, 2.45) is 0 Å². The van der Waals surface area contributed by atoms with Crippen LogP contribution in [0, 0.1) is 0 Å². The molecule has 0 aliphatic rings. The van der Waals surface area contributed by atoms with Crippen molar-refractivity contribution in [2.45, 2.75) is 12.0 Å². The Hall–Kier alpha value is -2.72. The van der Waals surface area contributed by atoms with E-state index in [2.05, 4.69) is 0 Å². The Morgan fingerprint density at radius 1 is 0.852 bits per heavy atom. The van der Waals surface area contributed by atoms with Gasteiger partial charge in [-0.05, 0) is 48.3 Å². The quantitative estimate of drug-likeness (QED) is 0.558. The lowest BCUT2D eigenvalue weighted by Crippen LogP contribution is -2.50. The molecule has 0 amide bonds. The third-order valence-electron chi connectivity index (χ3n) is 4.68. The summed E-state index contributed by atoms with van der Waals surface area (Å²) in [6, 6.07) is 29.1. The normalized spacial score (nSPS) is 12.9. The van der Waals surface area contributed by atoms with Crippen LogP contribution in [0.25, 0.3) is 0 Å². The van der Waals surface area contributed by atoms with Gasteiger partial charge in [0.05, 0.1) is 0 Å². The van der Waals surface area contributed by atoms with Crippen LogP contribution in [0.3, 0.4) is 0 Å². The van der Waals surface area contributed by atoms with Crippen molar-refractivity contribution in [1.29, 1.82) is 0 Å². The second-order valence-corrected chi connectivity index (χ2v) is 7.27. The highest BCUT2D eigenvalue weighted by atomic mass is 32.2. The molecule has 27 heavy (non-hydrogen) atoms. The van der Waals surface area contributed by atoms with Crippen LogP contribution in [-0.2, 0) is 10.3 Å². The van der Waals surface area contributed by atoms with E-state index in [-0.39, 0.29) is 0 Å². The Labute approximate surface area is 164 Å². The molecule has 0 saturated heterocycles. The van der Waals surface area contributed by atoms with Crippen LogP contribution in [0.1, 0.15) is 12.0 Å². The smallest absolute Gasteiger partial charge is 0.334 e. The lowest BCUT2D eigenvalue weighted by Gasteiger charge is -2.43. The predicted octanol–water partition coefficient (Wildman–Crippen LogP) is 5.56. The fourth-order valence-electron chi connectivity index (χ4n) is 3.42. The SMILES string of the molecule is CSCC[C@](C(=O)O)(c1ccccc1)N(c1ccccc1)c1ccccc1. The number of rotatable bonds is 8. The fraction of sp³-hybridized carbons (Fsp3) is 0.174. The number of benzene rings is 3. The van der Waals surface area contributed by atoms with Gasteiger partial charge in [0.2, 0.25) is 0 Å². The zero-order valence-electron chi connectivity index (χ0n) is 15.3. The first-order chi connectivity index (χ1) is 13.2. The molecule has 0 aromatic heterocycles. The monoisotopic (exact) mass is 377 g/mol. The minimum Gasteiger partial charge on any atom is -0.479 e. The first-order valence-electron chi connectivity index (χ1n) is 8.88. The highest BCUT2D eigenvalue weighted by Crippen LogP contribution is 2.42. The van der Waals surface area contributed by atoms with Crippen molar-refractivity contribution in [1.82, 2.24) is 0 Å². The van der Waals surface area contributed by atoms with E-state index in [1.54, 1.807) is 11.8 Å². The van der Waals surface area contributed by atoms with Crippen molar-refractivity contribution < 1.29 is 9.90 Å². The molecule has 0 unspecified atom stereocenters. The third-order valence-corrected chi connectivity index (χ3v) is 5.30. The van der Waals surface area contributed by atoms with Crippen LogP contribution in [-0.4, -0.2) is 23.1 Å². The van der Waals surface area contributed by atoms with Crippen molar-refractivity contribution in [3.05, 3.63) is 96.6 Å². The van der Waals surface area contributed by atoms with E-state index >= 15 is 0 Å². The average Bonchev–Trinajstić information content (AvgIpc) is 2.73. The van der Waals surface area contributed by atoms with Gasteiger partial charge in [0.15, 0.2) is 5.54 Å². The number of carboxylic acids is 1. The molecule has 138 valence electrons. The number of hydrogen-bond donors (Lipinski definition) is 1. The third kappa shape index (κ3) is 3.86. The number of aliphatic carboxylic acids is 1. The minimum atomic E-state index is -1.20. The number of thioether (sulfide) groups is 1. The van der Waals surface area contributed by atoms with Crippen molar-refractivity contribution in [3.8, 4) is 0 Å². The van der Waals surface area contributed by atoms with Crippen LogP contribution in [0.4, 0.5) is 11.4 Å². The molecule has 3 aromatic rings. The first-order valence-corrected chi connectivity index (χ1v) is 10.3. The maximum atomic E-state index is 12.9. The van der Waals surface area contributed by atoms with Gasteiger partial charge in [-0.1, -0.05) is 66.7 Å². The maximum Gasteiger partial charge on any atom is 0.334 e. The van der Waals surface area contributed by atoms with E-state index in [0.29, 0.717) is 6.42 Å². The summed E-state index contributed by atoms with van der Waals surface area (Å²) in [5, 5.41) is 10.5. The van der Waals surface area contributed by atoms with Gasteiger partial charge < -0.3 is 10.0 Å². The highest BCUT2D eigenvalue weighted by molar-refractivity contribution is 7.98. The lowest BCUT2D eigenvalue weighted by atomic mass is 9.84. The second-order valence-electron chi connectivity index (χ2n) is 6.28. The summed E-state index contributed by atoms with van der Waals surface area (Å²) >= 11 is 1.66. The second kappa shape index (κ2) is 8.78. The van der Waals surface area contributed by atoms with E-state index < -0.39 is 11.5 Å². The number of para-hydroxylation sites is 2. The molecular weight excluding hydrogens is 354 g/mol. The van der Waals surface area contributed by atoms with Gasteiger partial charge in [0, 0.05) is 11.4 Å². The van der Waals surface area contributed by atoms with Gasteiger partial charge in [-0.25, -0.2) is 4.79 Å². The molecule has 3 rings (SSSR count). The Kier molecular flexibility index (Phi) is 6.20. The zero-order valence-corrected chi connectivity index (χ0v) is 16.1. The number of nitrogens with zero attached hydrogens (tertiary/aromatic N) is 1. The maximum absolute atomic E-state index is 12.9. The molecular formula is C23H23NO2S. The molecule has 3 nitrogen and oxygen atoms in total. The van der Waals surface area contributed by atoms with Gasteiger partial charge in [-0.15, -0.1) is 0 Å². The number of carbonyl (C=O) groups is 1. The summed E-state index contributed by atoms with van der Waals surface area (Å²) in [6.45, 7) is 0. The van der Waals surface area contributed by atoms with E-state index in [0.717, 1.165) is 22.7 Å². The predicted molar refractivity (Wildman–Crippen MR) is 114 cm³/mol. The molecule has 0 bridgehead atoms. The van der Waals surface area contributed by atoms with Crippen LogP contribution >= 0.6 is 11.8 Å². The van der Waals surface area contributed by atoms with E-state index in [9.17, 15) is 9.90 Å². The van der Waals surface area contributed by atoms with Gasteiger partial charge in [0.25, 0.3) is 0 Å². The molecule has 0 aliphatic heterocycles. The van der Waals surface area contributed by atoms with E-state index in [4.69, 9.17) is 0 Å². The van der Waals surface area contributed by atoms with Crippen LogP contribution in [0.2, 0.25) is 0 Å². The number of carboxylic acid groups (broad SMARTS) is 1. The Morgan fingerprint density at radius 3 is 1.70 bits per heavy atom. The molecule has 0 aliphatic carbocycles. The molecule has 3 aromatic carbocycles. The Balaban J connectivity index is 2.29. The summed E-state index contributed by atoms with van der Waals surface area (Å²) in [4.78, 5) is 14.8. The summed E-state index contributed by atoms with van der Waals surface area (Å²) in [7, 11) is 0. The largest absolute Gasteiger partial charge is 0.479 e. The summed E-state index contributed by atoms with van der Waals surface area (Å²) in [5.41, 5.74) is 1.29. The van der Waals surface area contributed by atoms with Gasteiger partial charge in [-0.3, -0.25) is 0 Å². The fourth-order valence-corrected chi connectivity index (χ4v) is 3.92. The number of anilines is 2. The first kappa shape index (κ1) is 19.1. The summed E-state index contributed by atoms with van der Waals surface area (Å²) in [5.74, 6) is -0.118. The zero-order chi connectivity index (χ0) is 19.1. The van der Waals surface area contributed by atoms with Crippen molar-refractivity contribution >= 4 is 29.1 Å². The molecule has 0 fully saturated rings. The molecule has 0 radical (unpaired) electrons. The van der Waals surface area contributed by atoms with Crippen molar-refractivity contribution in [3.63, 3.8) is 0 Å². The van der Waals surface area contributed by atoms with Crippen LogP contribution in [0.15, 0.2) is 91.0 Å². The topological polar surface area (TPSA) is 40.5 Å². The number of hydrogen-bond acceptors (Lipinski definition) is 3. The van der Waals surface area contributed by atoms with Crippen molar-refractivity contribution in [2.75, 3.05) is 16.9 Å². The average molecular weight is 378 g/mol.